The molecule has 1 rings (SSSR count). The van der Waals surface area contributed by atoms with Crippen LogP contribution < -0.4 is 4.74 Å². The summed E-state index contributed by atoms with van der Waals surface area (Å²) in [5, 5.41) is 8.84. The quantitative estimate of drug-likeness (QED) is 0.682. The number of benzene rings is 1. The van der Waals surface area contributed by atoms with Crippen LogP contribution in [0.5, 0.6) is 5.75 Å². The Bertz CT molecular complexity index is 339. The topological polar surface area (TPSA) is 33.0 Å². The van der Waals surface area contributed by atoms with Gasteiger partial charge in [-0.1, -0.05) is 19.4 Å². The van der Waals surface area contributed by atoms with Gasteiger partial charge in [0.25, 0.3) is 0 Å². The molecule has 0 aromatic heterocycles. The number of rotatable bonds is 4. The molecular weight excluding hydrogens is 174 g/mol. The van der Waals surface area contributed by atoms with Crippen LogP contribution in [0.25, 0.3) is 0 Å². The van der Waals surface area contributed by atoms with Gasteiger partial charge in [0.05, 0.1) is 12.2 Å². The molecule has 1 aromatic carbocycles. The zero-order valence-corrected chi connectivity index (χ0v) is 8.71. The van der Waals surface area contributed by atoms with E-state index in [2.05, 4.69) is 13.0 Å². The Balaban J connectivity index is 2.73. The van der Waals surface area contributed by atoms with E-state index in [1.165, 1.54) is 0 Å². The molecule has 0 N–H and O–H groups in total. The lowest BCUT2D eigenvalue weighted by molar-refractivity contribution is 0.308. The fraction of sp³-hybridized carbons (Fsp3) is 0.417. The van der Waals surface area contributed by atoms with Crippen molar-refractivity contribution in [1.29, 1.82) is 5.26 Å². The molecule has 0 fully saturated rings. The predicted octanol–water partition coefficient (Wildman–Crippen LogP) is 3.05. The maximum absolute atomic E-state index is 8.84. The number of hydrogen-bond donors (Lipinski definition) is 0. The van der Waals surface area contributed by atoms with Gasteiger partial charge in [0, 0.05) is 0 Å². The van der Waals surface area contributed by atoms with Crippen molar-refractivity contribution < 1.29 is 4.74 Å². The largest absolute Gasteiger partial charge is 0.492 e. The van der Waals surface area contributed by atoms with Crippen LogP contribution in [0.2, 0.25) is 0 Å². The van der Waals surface area contributed by atoms with E-state index in [0.29, 0.717) is 17.9 Å². The second kappa shape index (κ2) is 5.29. The van der Waals surface area contributed by atoms with Gasteiger partial charge in [-0.2, -0.15) is 5.26 Å². The Morgan fingerprint density at radius 3 is 2.86 bits per heavy atom. The standard InChI is InChI=1S/C12H15NO/c1-3-4-7-14-12-8-10(2)5-6-11(12)9-13/h5-6,8H,3-4,7H2,1-2H3. The average Bonchev–Trinajstić information content (AvgIpc) is 2.19. The van der Waals surface area contributed by atoms with Crippen LogP contribution >= 0.6 is 0 Å². The third-order valence-electron chi connectivity index (χ3n) is 2.01. The first-order valence-electron chi connectivity index (χ1n) is 4.91. The number of unbranched alkanes of at least 4 members (excludes halogenated alkanes) is 1. The van der Waals surface area contributed by atoms with Crippen molar-refractivity contribution in [1.82, 2.24) is 0 Å². The van der Waals surface area contributed by atoms with Crippen molar-refractivity contribution >= 4 is 0 Å². The minimum absolute atomic E-state index is 0.617. The third-order valence-corrected chi connectivity index (χ3v) is 2.01. The number of nitriles is 1. The van der Waals surface area contributed by atoms with Gasteiger partial charge in [0.1, 0.15) is 11.8 Å². The molecule has 0 amide bonds. The molecule has 0 aliphatic heterocycles. The summed E-state index contributed by atoms with van der Waals surface area (Å²) >= 11 is 0. The van der Waals surface area contributed by atoms with E-state index in [0.717, 1.165) is 18.4 Å². The maximum atomic E-state index is 8.84. The highest BCUT2D eigenvalue weighted by molar-refractivity contribution is 5.44. The Morgan fingerprint density at radius 1 is 1.43 bits per heavy atom. The van der Waals surface area contributed by atoms with Crippen molar-refractivity contribution in [3.8, 4) is 11.8 Å². The van der Waals surface area contributed by atoms with Crippen molar-refractivity contribution in [3.63, 3.8) is 0 Å². The Morgan fingerprint density at radius 2 is 2.21 bits per heavy atom. The molecule has 74 valence electrons. The normalized spacial score (nSPS) is 9.50. The zero-order chi connectivity index (χ0) is 10.4. The summed E-state index contributed by atoms with van der Waals surface area (Å²) in [6.07, 6.45) is 2.13. The molecule has 0 spiro atoms. The molecule has 0 atom stereocenters. The van der Waals surface area contributed by atoms with Gasteiger partial charge in [-0.3, -0.25) is 0 Å². The average molecular weight is 189 g/mol. The summed E-state index contributed by atoms with van der Waals surface area (Å²) in [7, 11) is 0. The van der Waals surface area contributed by atoms with Crippen molar-refractivity contribution in [2.24, 2.45) is 0 Å². The van der Waals surface area contributed by atoms with E-state index in [1.54, 1.807) is 6.07 Å². The fourth-order valence-electron chi connectivity index (χ4n) is 1.17. The lowest BCUT2D eigenvalue weighted by Gasteiger charge is -2.07. The van der Waals surface area contributed by atoms with Crippen LogP contribution in [0, 0.1) is 18.3 Å². The number of aryl methyl sites for hydroxylation is 1. The summed E-state index contributed by atoms with van der Waals surface area (Å²) in [6, 6.07) is 7.76. The lowest BCUT2D eigenvalue weighted by atomic mass is 10.1. The van der Waals surface area contributed by atoms with Crippen LogP contribution in [-0.4, -0.2) is 6.61 Å². The summed E-state index contributed by atoms with van der Waals surface area (Å²) in [4.78, 5) is 0. The molecule has 0 bridgehead atoms. The van der Waals surface area contributed by atoms with Crippen LogP contribution in [0.1, 0.15) is 30.9 Å². The smallest absolute Gasteiger partial charge is 0.137 e. The van der Waals surface area contributed by atoms with Gasteiger partial charge in [0.15, 0.2) is 0 Å². The second-order valence-electron chi connectivity index (χ2n) is 3.31. The van der Waals surface area contributed by atoms with E-state index in [9.17, 15) is 0 Å². The van der Waals surface area contributed by atoms with E-state index >= 15 is 0 Å². The third kappa shape index (κ3) is 2.77. The summed E-state index contributed by atoms with van der Waals surface area (Å²) in [6.45, 7) is 4.80. The van der Waals surface area contributed by atoms with E-state index < -0.39 is 0 Å². The first-order chi connectivity index (χ1) is 6.77. The van der Waals surface area contributed by atoms with E-state index in [-0.39, 0.29) is 0 Å². The second-order valence-corrected chi connectivity index (χ2v) is 3.31. The molecule has 1 aromatic rings. The Labute approximate surface area is 85.1 Å². The molecule has 0 aliphatic carbocycles. The molecule has 14 heavy (non-hydrogen) atoms. The first kappa shape index (κ1) is 10.6. The summed E-state index contributed by atoms with van der Waals surface area (Å²) in [5.74, 6) is 0.709. The fourth-order valence-corrected chi connectivity index (χ4v) is 1.17. The lowest BCUT2D eigenvalue weighted by Crippen LogP contribution is -1.98. The van der Waals surface area contributed by atoms with Crippen molar-refractivity contribution in [2.75, 3.05) is 6.61 Å². The number of hydrogen-bond acceptors (Lipinski definition) is 2. The maximum Gasteiger partial charge on any atom is 0.137 e. The zero-order valence-electron chi connectivity index (χ0n) is 8.71. The van der Waals surface area contributed by atoms with Crippen LogP contribution in [0.3, 0.4) is 0 Å². The Hall–Kier alpha value is -1.49. The summed E-state index contributed by atoms with van der Waals surface area (Å²) in [5.41, 5.74) is 1.74. The van der Waals surface area contributed by atoms with Gasteiger partial charge in [-0.25, -0.2) is 0 Å². The van der Waals surface area contributed by atoms with Crippen molar-refractivity contribution in [2.45, 2.75) is 26.7 Å². The minimum Gasteiger partial charge on any atom is -0.492 e. The number of ether oxygens (including phenoxy) is 1. The molecule has 0 radical (unpaired) electrons. The monoisotopic (exact) mass is 189 g/mol. The molecule has 0 saturated carbocycles. The molecule has 0 unspecified atom stereocenters. The van der Waals surface area contributed by atoms with Gasteiger partial charge in [-0.15, -0.1) is 0 Å². The molecule has 2 nitrogen and oxygen atoms in total. The highest BCUT2D eigenvalue weighted by Crippen LogP contribution is 2.19. The summed E-state index contributed by atoms with van der Waals surface area (Å²) < 4.78 is 5.53. The molecular formula is C12H15NO. The van der Waals surface area contributed by atoms with Gasteiger partial charge >= 0.3 is 0 Å². The van der Waals surface area contributed by atoms with E-state index in [4.69, 9.17) is 10.00 Å². The molecule has 0 saturated heterocycles. The number of nitrogens with zero attached hydrogens (tertiary/aromatic N) is 1. The Kier molecular flexibility index (Phi) is 4.00. The highest BCUT2D eigenvalue weighted by Gasteiger charge is 2.02. The first-order valence-corrected chi connectivity index (χ1v) is 4.91. The van der Waals surface area contributed by atoms with Gasteiger partial charge in [0.2, 0.25) is 0 Å². The highest BCUT2D eigenvalue weighted by atomic mass is 16.5. The predicted molar refractivity (Wildman–Crippen MR) is 56.3 cm³/mol. The minimum atomic E-state index is 0.617. The van der Waals surface area contributed by atoms with Gasteiger partial charge in [-0.05, 0) is 31.0 Å². The molecule has 2 heteroatoms. The van der Waals surface area contributed by atoms with Crippen molar-refractivity contribution in [3.05, 3.63) is 29.3 Å². The van der Waals surface area contributed by atoms with Gasteiger partial charge < -0.3 is 4.74 Å². The SMILES string of the molecule is CCCCOc1cc(C)ccc1C#N. The van der Waals surface area contributed by atoms with Crippen LogP contribution in [0.4, 0.5) is 0 Å². The van der Waals surface area contributed by atoms with Crippen LogP contribution in [0.15, 0.2) is 18.2 Å². The van der Waals surface area contributed by atoms with Crippen LogP contribution in [-0.2, 0) is 0 Å². The molecule has 0 aliphatic rings. The van der Waals surface area contributed by atoms with E-state index in [1.807, 2.05) is 19.1 Å². The molecule has 0 heterocycles.